The predicted molar refractivity (Wildman–Crippen MR) is 79.5 cm³/mol. The van der Waals surface area contributed by atoms with E-state index in [0.717, 1.165) is 11.3 Å². The van der Waals surface area contributed by atoms with E-state index >= 15 is 0 Å². The molecule has 108 valence electrons. The molecule has 0 aromatic heterocycles. The lowest BCUT2D eigenvalue weighted by molar-refractivity contribution is -0.122. The molecule has 4 nitrogen and oxygen atoms in total. The van der Waals surface area contributed by atoms with Gasteiger partial charge in [0.25, 0.3) is 0 Å². The number of amides is 1. The molecule has 0 saturated heterocycles. The zero-order valence-electron chi connectivity index (χ0n) is 11.7. The number of halogens is 1. The number of ether oxygens (including phenoxy) is 1. The summed E-state index contributed by atoms with van der Waals surface area (Å²) >= 11 is 0. The molecule has 0 aliphatic heterocycles. The van der Waals surface area contributed by atoms with Crippen molar-refractivity contribution in [3.05, 3.63) is 29.8 Å². The lowest BCUT2D eigenvalue weighted by Crippen LogP contribution is -2.37. The number of carbonyl (C=O) groups is 1. The third-order valence-electron chi connectivity index (χ3n) is 2.41. The number of para-hydroxylation sites is 1. The van der Waals surface area contributed by atoms with Gasteiger partial charge in [-0.25, -0.2) is 0 Å². The Hall–Kier alpha value is -1.26. The van der Waals surface area contributed by atoms with Crippen LogP contribution in [0.25, 0.3) is 0 Å². The fourth-order valence-corrected chi connectivity index (χ4v) is 1.39. The Bertz CT molecular complexity index is 395. The van der Waals surface area contributed by atoms with Crippen molar-refractivity contribution in [1.82, 2.24) is 5.32 Å². The number of rotatable bonds is 6. The molecular weight excluding hydrogens is 264 g/mol. The van der Waals surface area contributed by atoms with Gasteiger partial charge in [-0.3, -0.25) is 4.79 Å². The van der Waals surface area contributed by atoms with Crippen molar-refractivity contribution in [2.75, 3.05) is 6.61 Å². The highest BCUT2D eigenvalue weighted by atomic mass is 35.5. The molecule has 5 heteroatoms. The monoisotopic (exact) mass is 286 g/mol. The van der Waals surface area contributed by atoms with Gasteiger partial charge in [-0.2, -0.15) is 0 Å². The van der Waals surface area contributed by atoms with Gasteiger partial charge >= 0.3 is 0 Å². The van der Waals surface area contributed by atoms with Gasteiger partial charge < -0.3 is 15.8 Å². The Kier molecular flexibility index (Phi) is 8.19. The zero-order valence-corrected chi connectivity index (χ0v) is 12.5. The van der Waals surface area contributed by atoms with E-state index < -0.39 is 6.04 Å². The van der Waals surface area contributed by atoms with Gasteiger partial charge in [0.2, 0.25) is 5.91 Å². The van der Waals surface area contributed by atoms with E-state index in [-0.39, 0.29) is 18.3 Å². The minimum absolute atomic E-state index is 0. The minimum atomic E-state index is -0.492. The van der Waals surface area contributed by atoms with Crippen LogP contribution >= 0.6 is 12.4 Å². The Morgan fingerprint density at radius 1 is 1.32 bits per heavy atom. The first-order chi connectivity index (χ1) is 8.50. The average Bonchev–Trinajstić information content (AvgIpc) is 2.34. The second kappa shape index (κ2) is 8.77. The molecule has 1 atom stereocenters. The smallest absolute Gasteiger partial charge is 0.236 e. The van der Waals surface area contributed by atoms with Crippen LogP contribution in [-0.2, 0) is 11.3 Å². The topological polar surface area (TPSA) is 64.3 Å². The summed E-state index contributed by atoms with van der Waals surface area (Å²) in [5.74, 6) is 1.13. The summed E-state index contributed by atoms with van der Waals surface area (Å²) in [6, 6.07) is 7.21. The standard InChI is InChI=1S/C14H22N2O2.ClH/c1-10(2)9-18-13-7-5-4-6-12(13)8-16-14(17)11(3)15;/h4-7,10-11H,8-9,15H2,1-3H3,(H,16,17);1H/t11-;/m0./s1. The molecule has 0 fully saturated rings. The fraction of sp³-hybridized carbons (Fsp3) is 0.500. The number of nitrogens with two attached hydrogens (primary N) is 1. The molecule has 0 radical (unpaired) electrons. The van der Waals surface area contributed by atoms with Crippen LogP contribution < -0.4 is 15.8 Å². The van der Waals surface area contributed by atoms with Crippen LogP contribution in [0.4, 0.5) is 0 Å². The third kappa shape index (κ3) is 6.45. The fourth-order valence-electron chi connectivity index (χ4n) is 1.39. The van der Waals surface area contributed by atoms with E-state index in [9.17, 15) is 4.79 Å². The minimum Gasteiger partial charge on any atom is -0.493 e. The van der Waals surface area contributed by atoms with Crippen molar-refractivity contribution < 1.29 is 9.53 Å². The summed E-state index contributed by atoms with van der Waals surface area (Å²) in [5, 5.41) is 2.78. The van der Waals surface area contributed by atoms with Gasteiger partial charge in [0, 0.05) is 12.1 Å². The van der Waals surface area contributed by atoms with Crippen molar-refractivity contribution in [3.63, 3.8) is 0 Å². The van der Waals surface area contributed by atoms with E-state index in [4.69, 9.17) is 10.5 Å². The predicted octanol–water partition coefficient (Wildman–Crippen LogP) is 2.11. The molecular formula is C14H23ClN2O2. The van der Waals surface area contributed by atoms with Gasteiger partial charge in [0.05, 0.1) is 12.6 Å². The van der Waals surface area contributed by atoms with Crippen LogP contribution in [0.5, 0.6) is 5.75 Å². The largest absolute Gasteiger partial charge is 0.493 e. The number of nitrogens with one attached hydrogen (secondary N) is 1. The van der Waals surface area contributed by atoms with E-state index in [1.165, 1.54) is 0 Å². The van der Waals surface area contributed by atoms with Gasteiger partial charge in [0.1, 0.15) is 5.75 Å². The number of carbonyl (C=O) groups excluding carboxylic acids is 1. The number of hydrogen-bond acceptors (Lipinski definition) is 3. The van der Waals surface area contributed by atoms with Crippen molar-refractivity contribution >= 4 is 18.3 Å². The van der Waals surface area contributed by atoms with Crippen molar-refractivity contribution in [3.8, 4) is 5.75 Å². The second-order valence-electron chi connectivity index (χ2n) is 4.82. The first kappa shape index (κ1) is 17.7. The van der Waals surface area contributed by atoms with E-state index in [0.29, 0.717) is 19.1 Å². The van der Waals surface area contributed by atoms with Gasteiger partial charge in [-0.15, -0.1) is 12.4 Å². The molecule has 0 unspecified atom stereocenters. The van der Waals surface area contributed by atoms with E-state index in [1.807, 2.05) is 24.3 Å². The van der Waals surface area contributed by atoms with Crippen molar-refractivity contribution in [2.24, 2.45) is 11.7 Å². The van der Waals surface area contributed by atoms with Crippen molar-refractivity contribution in [1.29, 1.82) is 0 Å². The van der Waals surface area contributed by atoms with Crippen LogP contribution in [0.2, 0.25) is 0 Å². The molecule has 1 aromatic rings. The molecule has 19 heavy (non-hydrogen) atoms. The summed E-state index contributed by atoms with van der Waals surface area (Å²) in [7, 11) is 0. The third-order valence-corrected chi connectivity index (χ3v) is 2.41. The molecule has 1 aromatic carbocycles. The molecule has 1 amide bonds. The molecule has 0 saturated carbocycles. The Morgan fingerprint density at radius 3 is 2.53 bits per heavy atom. The van der Waals surface area contributed by atoms with Gasteiger partial charge in [0.15, 0.2) is 0 Å². The first-order valence-corrected chi connectivity index (χ1v) is 6.24. The normalized spacial score (nSPS) is 11.6. The Balaban J connectivity index is 0.00000324. The molecule has 0 aliphatic carbocycles. The maximum absolute atomic E-state index is 11.4. The lowest BCUT2D eigenvalue weighted by Gasteiger charge is -2.14. The Morgan fingerprint density at radius 2 is 1.95 bits per heavy atom. The van der Waals surface area contributed by atoms with E-state index in [1.54, 1.807) is 6.92 Å². The highest BCUT2D eigenvalue weighted by Crippen LogP contribution is 2.18. The molecule has 0 heterocycles. The summed E-state index contributed by atoms with van der Waals surface area (Å²) in [6.07, 6.45) is 0. The number of hydrogen-bond donors (Lipinski definition) is 2. The average molecular weight is 287 g/mol. The zero-order chi connectivity index (χ0) is 13.5. The molecule has 1 rings (SSSR count). The maximum Gasteiger partial charge on any atom is 0.236 e. The summed E-state index contributed by atoms with van der Waals surface area (Å²) in [4.78, 5) is 11.4. The molecule has 0 spiro atoms. The van der Waals surface area contributed by atoms with Crippen LogP contribution in [0.3, 0.4) is 0 Å². The van der Waals surface area contributed by atoms with Crippen LogP contribution in [-0.4, -0.2) is 18.6 Å². The number of benzene rings is 1. The SMILES string of the molecule is CC(C)COc1ccccc1CNC(=O)[C@H](C)N.Cl. The molecule has 0 bridgehead atoms. The molecule has 0 aliphatic rings. The van der Waals surface area contributed by atoms with Crippen LogP contribution in [0.15, 0.2) is 24.3 Å². The molecule has 3 N–H and O–H groups in total. The van der Waals surface area contributed by atoms with Crippen LogP contribution in [0.1, 0.15) is 26.3 Å². The maximum atomic E-state index is 11.4. The van der Waals surface area contributed by atoms with Gasteiger partial charge in [-0.05, 0) is 18.9 Å². The highest BCUT2D eigenvalue weighted by molar-refractivity contribution is 5.85. The summed E-state index contributed by atoms with van der Waals surface area (Å²) in [5.41, 5.74) is 6.46. The first-order valence-electron chi connectivity index (χ1n) is 6.24. The van der Waals surface area contributed by atoms with Crippen LogP contribution in [0, 0.1) is 5.92 Å². The quantitative estimate of drug-likeness (QED) is 0.842. The highest BCUT2D eigenvalue weighted by Gasteiger charge is 2.09. The second-order valence-corrected chi connectivity index (χ2v) is 4.82. The summed E-state index contributed by atoms with van der Waals surface area (Å²) < 4.78 is 5.71. The van der Waals surface area contributed by atoms with E-state index in [2.05, 4.69) is 19.2 Å². The Labute approximate surface area is 121 Å². The van der Waals surface area contributed by atoms with Gasteiger partial charge in [-0.1, -0.05) is 32.0 Å². The summed E-state index contributed by atoms with van der Waals surface area (Å²) in [6.45, 7) is 6.96. The van der Waals surface area contributed by atoms with Crippen molar-refractivity contribution in [2.45, 2.75) is 33.4 Å². The lowest BCUT2D eigenvalue weighted by atomic mass is 10.2.